The van der Waals surface area contributed by atoms with Crippen LogP contribution < -0.4 is 10.6 Å². The number of benzene rings is 2. The molecule has 0 fully saturated rings. The molecule has 0 spiro atoms. The van der Waals surface area contributed by atoms with Crippen LogP contribution >= 0.6 is 0 Å². The third kappa shape index (κ3) is 8.41. The monoisotopic (exact) mass is 527 g/mol. The summed E-state index contributed by atoms with van der Waals surface area (Å²) in [6.07, 6.45) is 1.62. The molecule has 0 bridgehead atoms. The van der Waals surface area contributed by atoms with Crippen LogP contribution in [0, 0.1) is 5.92 Å². The number of fused-ring (bicyclic) bond motifs is 1. The first-order valence-electron chi connectivity index (χ1n) is 12.5. The van der Waals surface area contributed by atoms with E-state index in [2.05, 4.69) is 78.0 Å². The number of nitrogens with zero attached hydrogens (tertiary/aromatic N) is 1. The number of carboxylic acid groups (broad SMARTS) is 1. The Morgan fingerprint density at radius 1 is 1.03 bits per heavy atom. The summed E-state index contributed by atoms with van der Waals surface area (Å²) in [5, 5.41) is 13.8. The van der Waals surface area contributed by atoms with Gasteiger partial charge in [-0.1, -0.05) is 68.8 Å². The molecule has 202 valence electrons. The SMILES string of the molecule is CC[C@H](C)CNC(=O)c1cncc(-c2ccc(CNC3Cc4ccccc4C3)cc2)c1.O=C(O)C(F)(F)F. The van der Waals surface area contributed by atoms with Crippen LogP contribution in [0.1, 0.15) is 47.3 Å². The summed E-state index contributed by atoms with van der Waals surface area (Å²) in [5.74, 6) is -2.35. The molecule has 1 amide bonds. The van der Waals surface area contributed by atoms with Crippen molar-refractivity contribution in [1.82, 2.24) is 15.6 Å². The molecule has 1 atom stereocenters. The summed E-state index contributed by atoms with van der Waals surface area (Å²) in [6.45, 7) is 5.81. The Bertz CT molecular complexity index is 1200. The van der Waals surface area contributed by atoms with Gasteiger partial charge in [0.1, 0.15) is 0 Å². The average molecular weight is 528 g/mol. The number of carboxylic acids is 1. The lowest BCUT2D eigenvalue weighted by Gasteiger charge is -2.13. The minimum Gasteiger partial charge on any atom is -0.475 e. The molecule has 0 saturated carbocycles. The number of halogens is 3. The first-order valence-corrected chi connectivity index (χ1v) is 12.5. The fourth-order valence-electron chi connectivity index (χ4n) is 4.02. The lowest BCUT2D eigenvalue weighted by Crippen LogP contribution is -2.28. The zero-order chi connectivity index (χ0) is 27.7. The number of aliphatic carboxylic acids is 1. The van der Waals surface area contributed by atoms with Gasteiger partial charge in [-0.15, -0.1) is 0 Å². The zero-order valence-electron chi connectivity index (χ0n) is 21.4. The summed E-state index contributed by atoms with van der Waals surface area (Å²) >= 11 is 0. The molecule has 1 heterocycles. The average Bonchev–Trinajstić information content (AvgIpc) is 3.33. The third-order valence-electron chi connectivity index (χ3n) is 6.48. The summed E-state index contributed by atoms with van der Waals surface area (Å²) in [7, 11) is 0. The van der Waals surface area contributed by atoms with Gasteiger partial charge in [-0.2, -0.15) is 13.2 Å². The third-order valence-corrected chi connectivity index (χ3v) is 6.48. The summed E-state index contributed by atoms with van der Waals surface area (Å²) in [4.78, 5) is 25.6. The van der Waals surface area contributed by atoms with Crippen molar-refractivity contribution < 1.29 is 27.9 Å². The lowest BCUT2D eigenvalue weighted by atomic mass is 10.0. The highest BCUT2D eigenvalue weighted by Gasteiger charge is 2.38. The first kappa shape index (κ1) is 28.8. The van der Waals surface area contributed by atoms with E-state index < -0.39 is 12.1 Å². The van der Waals surface area contributed by atoms with Gasteiger partial charge in [0.15, 0.2) is 0 Å². The molecule has 0 unspecified atom stereocenters. The van der Waals surface area contributed by atoms with E-state index in [0.717, 1.165) is 36.9 Å². The van der Waals surface area contributed by atoms with E-state index in [1.807, 2.05) is 12.3 Å². The smallest absolute Gasteiger partial charge is 0.475 e. The summed E-state index contributed by atoms with van der Waals surface area (Å²) in [6, 6.07) is 19.7. The predicted molar refractivity (Wildman–Crippen MR) is 140 cm³/mol. The van der Waals surface area contributed by atoms with Gasteiger partial charge < -0.3 is 15.7 Å². The lowest BCUT2D eigenvalue weighted by molar-refractivity contribution is -0.192. The number of hydrogen-bond donors (Lipinski definition) is 3. The second kappa shape index (κ2) is 13.2. The molecule has 0 saturated heterocycles. The highest BCUT2D eigenvalue weighted by atomic mass is 19.4. The maximum atomic E-state index is 12.4. The summed E-state index contributed by atoms with van der Waals surface area (Å²) < 4.78 is 31.7. The second-order valence-corrected chi connectivity index (χ2v) is 9.44. The fraction of sp³-hybridized carbons (Fsp3) is 0.345. The van der Waals surface area contributed by atoms with Crippen molar-refractivity contribution in [3.8, 4) is 11.1 Å². The van der Waals surface area contributed by atoms with Crippen LogP contribution in [0.5, 0.6) is 0 Å². The molecule has 1 aromatic heterocycles. The van der Waals surface area contributed by atoms with Crippen LogP contribution in [0.3, 0.4) is 0 Å². The number of aromatic nitrogens is 1. The highest BCUT2D eigenvalue weighted by Crippen LogP contribution is 2.23. The molecule has 4 rings (SSSR count). The maximum absolute atomic E-state index is 12.4. The predicted octanol–water partition coefficient (Wildman–Crippen LogP) is 5.41. The molecule has 1 aliphatic rings. The molecule has 3 N–H and O–H groups in total. The fourth-order valence-corrected chi connectivity index (χ4v) is 4.02. The number of carbonyl (C=O) groups is 2. The number of nitrogens with one attached hydrogen (secondary N) is 2. The number of pyridine rings is 1. The van der Waals surface area contributed by atoms with E-state index in [0.29, 0.717) is 24.1 Å². The van der Waals surface area contributed by atoms with Gasteiger partial charge >= 0.3 is 12.1 Å². The maximum Gasteiger partial charge on any atom is 0.490 e. The number of rotatable bonds is 8. The van der Waals surface area contributed by atoms with Gasteiger partial charge in [0.25, 0.3) is 5.91 Å². The Balaban J connectivity index is 0.000000505. The number of carbonyl (C=O) groups excluding carboxylic acids is 1. The van der Waals surface area contributed by atoms with Crippen LogP contribution in [-0.4, -0.2) is 40.7 Å². The Morgan fingerprint density at radius 3 is 2.18 bits per heavy atom. The van der Waals surface area contributed by atoms with Gasteiger partial charge in [0, 0.05) is 37.1 Å². The van der Waals surface area contributed by atoms with Crippen LogP contribution in [-0.2, 0) is 24.2 Å². The van der Waals surface area contributed by atoms with E-state index in [9.17, 15) is 18.0 Å². The van der Waals surface area contributed by atoms with Gasteiger partial charge in [-0.05, 0) is 47.1 Å². The molecule has 9 heteroatoms. The first-order chi connectivity index (χ1) is 18.1. The van der Waals surface area contributed by atoms with Gasteiger partial charge in [0.05, 0.1) is 5.56 Å². The Morgan fingerprint density at radius 2 is 1.63 bits per heavy atom. The van der Waals surface area contributed by atoms with Crippen molar-refractivity contribution in [3.05, 3.63) is 89.2 Å². The van der Waals surface area contributed by atoms with Crippen LogP contribution in [0.2, 0.25) is 0 Å². The van der Waals surface area contributed by atoms with E-state index in [-0.39, 0.29) is 5.91 Å². The molecule has 0 radical (unpaired) electrons. The minimum absolute atomic E-state index is 0.0620. The van der Waals surface area contributed by atoms with E-state index in [4.69, 9.17) is 9.90 Å². The van der Waals surface area contributed by atoms with Crippen molar-refractivity contribution in [1.29, 1.82) is 0 Å². The van der Waals surface area contributed by atoms with Gasteiger partial charge in [-0.25, -0.2) is 4.79 Å². The van der Waals surface area contributed by atoms with E-state index in [1.165, 1.54) is 16.7 Å². The van der Waals surface area contributed by atoms with Crippen molar-refractivity contribution in [2.24, 2.45) is 5.92 Å². The molecule has 38 heavy (non-hydrogen) atoms. The minimum atomic E-state index is -5.08. The number of alkyl halides is 3. The van der Waals surface area contributed by atoms with Crippen molar-refractivity contribution in [3.63, 3.8) is 0 Å². The van der Waals surface area contributed by atoms with Crippen LogP contribution in [0.25, 0.3) is 11.1 Å². The van der Waals surface area contributed by atoms with Crippen LogP contribution in [0.15, 0.2) is 67.0 Å². The largest absolute Gasteiger partial charge is 0.490 e. The van der Waals surface area contributed by atoms with Crippen LogP contribution in [0.4, 0.5) is 13.2 Å². The Hall–Kier alpha value is -3.72. The summed E-state index contributed by atoms with van der Waals surface area (Å²) in [5.41, 5.74) is 6.83. The van der Waals surface area contributed by atoms with E-state index >= 15 is 0 Å². The normalized spacial score (nSPS) is 13.7. The molecule has 2 aromatic carbocycles. The van der Waals surface area contributed by atoms with E-state index in [1.54, 1.807) is 6.20 Å². The van der Waals surface area contributed by atoms with Crippen molar-refractivity contribution in [2.45, 2.75) is 51.9 Å². The van der Waals surface area contributed by atoms with Crippen molar-refractivity contribution in [2.75, 3.05) is 6.54 Å². The number of hydrogen-bond acceptors (Lipinski definition) is 4. The quantitative estimate of drug-likeness (QED) is 0.364. The van der Waals surface area contributed by atoms with Gasteiger partial charge in [-0.3, -0.25) is 9.78 Å². The van der Waals surface area contributed by atoms with Crippen molar-refractivity contribution >= 4 is 11.9 Å². The number of amides is 1. The molecular formula is C29H32F3N3O3. The molecule has 6 nitrogen and oxygen atoms in total. The topological polar surface area (TPSA) is 91.3 Å². The molecule has 0 aliphatic heterocycles. The molecule has 1 aliphatic carbocycles. The molecular weight excluding hydrogens is 495 g/mol. The highest BCUT2D eigenvalue weighted by molar-refractivity contribution is 5.95. The standard InChI is InChI=1S/C27H31N3O.C2HF3O2/c1-3-19(2)15-30-27(31)25-12-24(17-28-18-25)21-10-8-20(9-11-21)16-29-26-13-22-6-4-5-7-23(22)14-26;3-2(4,5)1(6)7/h4-12,17-19,26,29H,3,13-16H2,1-2H3,(H,30,31);(H,6,7)/t19-;/m0./s1. The Kier molecular flexibility index (Phi) is 10.0. The molecule has 3 aromatic rings. The Labute approximate surface area is 220 Å². The zero-order valence-corrected chi connectivity index (χ0v) is 21.4. The van der Waals surface area contributed by atoms with Gasteiger partial charge in [0.2, 0.25) is 0 Å². The second-order valence-electron chi connectivity index (χ2n) is 9.44.